The molecule has 7 unspecified atom stereocenters. The molecule has 1 saturated heterocycles. The Morgan fingerprint density at radius 3 is 1.30 bits per heavy atom. The number of carbonyl (C=O) groups is 1. The van der Waals surface area contributed by atoms with Crippen molar-refractivity contribution >= 4 is 13.7 Å². The van der Waals surface area contributed by atoms with Crippen LogP contribution in [0, 0.1) is 0 Å². The summed E-state index contributed by atoms with van der Waals surface area (Å²) in [6.45, 7) is 2.75. The molecule has 1 aliphatic carbocycles. The number of phosphoric ester groups is 1. The Hall–Kier alpha value is -0.900. The highest BCUT2D eigenvalue weighted by molar-refractivity contribution is 7.47. The summed E-state index contributed by atoms with van der Waals surface area (Å²) >= 11 is 0. The molecule has 0 aromatic carbocycles. The molecule has 73 heavy (non-hydrogen) atoms. The van der Waals surface area contributed by atoms with Crippen molar-refractivity contribution in [3.05, 3.63) is 0 Å². The largest absolute Gasteiger partial charge is 0.472 e. The number of hydrogen-bond acceptors (Lipinski definition) is 16. The molecule has 1 aliphatic heterocycles. The number of amides is 1. The molecule has 1 heterocycles. The molecule has 0 radical (unpaired) electrons. The molecular formula is C54H106NO17P. The normalized spacial score (nSPS) is 27.7. The van der Waals surface area contributed by atoms with Crippen molar-refractivity contribution in [2.24, 2.45) is 0 Å². The number of unbranched alkanes of at least 4 members (excludes halogenated alkanes) is 31. The van der Waals surface area contributed by atoms with E-state index < -0.39 is 113 Å². The third kappa shape index (κ3) is 28.5. The lowest BCUT2D eigenvalue weighted by molar-refractivity contribution is -0.338. The molecular weight excluding hydrogens is 966 g/mol. The van der Waals surface area contributed by atoms with E-state index in [4.69, 9.17) is 18.5 Å². The Morgan fingerprint density at radius 2 is 0.890 bits per heavy atom. The summed E-state index contributed by atoms with van der Waals surface area (Å²) in [7, 11) is -5.41. The Bertz CT molecular complexity index is 1390. The lowest BCUT2D eigenvalue weighted by atomic mass is 9.84. The quantitative estimate of drug-likeness (QED) is 0.0215. The molecule has 19 heteroatoms. The van der Waals surface area contributed by atoms with Gasteiger partial charge in [0.05, 0.1) is 25.4 Å². The third-order valence-electron chi connectivity index (χ3n) is 14.9. The van der Waals surface area contributed by atoms with Gasteiger partial charge in [-0.3, -0.25) is 13.8 Å². The van der Waals surface area contributed by atoms with E-state index in [1.54, 1.807) is 0 Å². The van der Waals surface area contributed by atoms with Crippen molar-refractivity contribution in [2.75, 3.05) is 13.2 Å². The summed E-state index contributed by atoms with van der Waals surface area (Å²) in [6, 6.07) is -1.41. The smallest absolute Gasteiger partial charge is 0.394 e. The number of nitrogens with one attached hydrogen (secondary N) is 1. The van der Waals surface area contributed by atoms with E-state index in [1.165, 1.54) is 148 Å². The van der Waals surface area contributed by atoms with Crippen LogP contribution in [0.1, 0.15) is 239 Å². The molecule has 0 aromatic rings. The van der Waals surface area contributed by atoms with E-state index >= 15 is 0 Å². The summed E-state index contributed by atoms with van der Waals surface area (Å²) in [5.74, 6) is -0.479. The molecule has 1 amide bonds. The maximum Gasteiger partial charge on any atom is 0.472 e. The number of carbonyl (C=O) groups excluding carboxylic acids is 1. The number of aliphatic hydroxyl groups excluding tert-OH is 10. The van der Waals surface area contributed by atoms with Crippen LogP contribution in [0.4, 0.5) is 0 Å². The molecule has 0 spiro atoms. The van der Waals surface area contributed by atoms with Crippen molar-refractivity contribution in [1.29, 1.82) is 0 Å². The number of ether oxygens (including phenoxy) is 2. The van der Waals surface area contributed by atoms with E-state index in [0.717, 1.165) is 51.4 Å². The van der Waals surface area contributed by atoms with E-state index in [1.807, 2.05) is 0 Å². The first-order valence-corrected chi connectivity index (χ1v) is 30.6. The van der Waals surface area contributed by atoms with Crippen LogP contribution in [0.25, 0.3) is 0 Å². The Labute approximate surface area is 439 Å². The predicted molar refractivity (Wildman–Crippen MR) is 280 cm³/mol. The van der Waals surface area contributed by atoms with Gasteiger partial charge in [0.1, 0.15) is 67.1 Å². The molecule has 2 aliphatic rings. The van der Waals surface area contributed by atoms with Gasteiger partial charge in [-0.05, 0) is 12.8 Å². The van der Waals surface area contributed by atoms with Crippen LogP contribution in [-0.2, 0) is 27.9 Å². The zero-order valence-corrected chi connectivity index (χ0v) is 46.0. The minimum atomic E-state index is -5.41. The van der Waals surface area contributed by atoms with Gasteiger partial charge in [0, 0.05) is 6.42 Å². The highest BCUT2D eigenvalue weighted by Gasteiger charge is 2.55. The molecule has 1 saturated carbocycles. The number of rotatable bonds is 46. The molecule has 2 rings (SSSR count). The second-order valence-corrected chi connectivity index (χ2v) is 22.7. The van der Waals surface area contributed by atoms with Crippen molar-refractivity contribution < 1.29 is 83.8 Å². The highest BCUT2D eigenvalue weighted by Crippen LogP contribution is 2.48. The molecule has 12 N–H and O–H groups in total. The Kier molecular flexibility index (Phi) is 38.5. The fourth-order valence-corrected chi connectivity index (χ4v) is 11.0. The maximum absolute atomic E-state index is 13.5. The third-order valence-corrected chi connectivity index (χ3v) is 15.9. The van der Waals surface area contributed by atoms with E-state index in [9.17, 15) is 65.3 Å². The lowest BCUT2D eigenvalue weighted by Gasteiger charge is -2.47. The minimum absolute atomic E-state index is 0.0910. The maximum atomic E-state index is 13.5. The zero-order chi connectivity index (χ0) is 53.9. The van der Waals surface area contributed by atoms with Gasteiger partial charge in [0.25, 0.3) is 0 Å². The van der Waals surface area contributed by atoms with Gasteiger partial charge in [-0.15, -0.1) is 0 Å². The van der Waals surface area contributed by atoms with Gasteiger partial charge in [-0.2, -0.15) is 0 Å². The monoisotopic (exact) mass is 1070 g/mol. The van der Waals surface area contributed by atoms with Gasteiger partial charge < -0.3 is 70.7 Å². The summed E-state index contributed by atoms with van der Waals surface area (Å²) < 4.78 is 34.8. The second kappa shape index (κ2) is 41.2. The molecule has 0 bridgehead atoms. The lowest BCUT2D eigenvalue weighted by Crippen LogP contribution is -2.67. The van der Waals surface area contributed by atoms with Crippen molar-refractivity contribution in [1.82, 2.24) is 5.32 Å². The van der Waals surface area contributed by atoms with Gasteiger partial charge in [0.15, 0.2) is 6.29 Å². The second-order valence-electron chi connectivity index (χ2n) is 21.3. The summed E-state index contributed by atoms with van der Waals surface area (Å²) in [4.78, 5) is 24.2. The zero-order valence-electron chi connectivity index (χ0n) is 45.1. The van der Waals surface area contributed by atoms with E-state index in [-0.39, 0.29) is 12.8 Å². The average Bonchev–Trinajstić information content (AvgIpc) is 3.37. The van der Waals surface area contributed by atoms with Crippen LogP contribution in [0.15, 0.2) is 0 Å². The fourth-order valence-electron chi connectivity index (χ4n) is 10.0. The average molecular weight is 1070 g/mol. The summed E-state index contributed by atoms with van der Waals surface area (Å²) in [5, 5.41) is 108. The number of phosphoric acid groups is 1. The van der Waals surface area contributed by atoms with Crippen molar-refractivity contribution in [3.63, 3.8) is 0 Å². The van der Waals surface area contributed by atoms with Crippen LogP contribution in [0.5, 0.6) is 0 Å². The van der Waals surface area contributed by atoms with Crippen LogP contribution in [-0.4, -0.2) is 161 Å². The topological polar surface area (TPSA) is 306 Å². The van der Waals surface area contributed by atoms with Gasteiger partial charge in [-0.1, -0.05) is 219 Å². The van der Waals surface area contributed by atoms with Crippen LogP contribution < -0.4 is 5.32 Å². The van der Waals surface area contributed by atoms with E-state index in [2.05, 4.69) is 19.2 Å². The standard InChI is InChI=1S/C54H106NO17P/c1-3-5-7-9-11-13-15-17-18-19-20-21-22-23-24-25-27-29-31-33-35-37-43(58)55-40(44(59)41(57)36-34-32-30-28-26-16-14-12-10-8-6-4-2)39-69-73(67,68)72-53-50(65)48(63)47(62)49(64)52(53)71-54-51(66)46(61)45(60)42(38-56)70-54/h40-42,44-54,56-57,59-66H,3-39H2,1-2H3,(H,55,58)(H,67,68)/t40-,41+,42+,44-,45+,46?,47?,48?,49+,50?,51?,52?,53-,54+/m0/s1. The minimum Gasteiger partial charge on any atom is -0.394 e. The number of aliphatic hydroxyl groups is 10. The van der Waals surface area contributed by atoms with Gasteiger partial charge in [-0.25, -0.2) is 4.57 Å². The molecule has 0 aromatic heterocycles. The Morgan fingerprint density at radius 1 is 0.521 bits per heavy atom. The van der Waals surface area contributed by atoms with Crippen molar-refractivity contribution in [3.8, 4) is 0 Å². The Balaban J connectivity index is 1.89. The first-order chi connectivity index (χ1) is 35.1. The van der Waals surface area contributed by atoms with Crippen LogP contribution >= 0.6 is 7.82 Å². The predicted octanol–water partition coefficient (Wildman–Crippen LogP) is 7.03. The summed E-state index contributed by atoms with van der Waals surface area (Å²) in [6.07, 6.45) is 14.3. The van der Waals surface area contributed by atoms with E-state index in [0.29, 0.717) is 12.8 Å². The summed E-state index contributed by atoms with van der Waals surface area (Å²) in [5.41, 5.74) is 0. The number of hydrogen-bond donors (Lipinski definition) is 12. The van der Waals surface area contributed by atoms with Crippen molar-refractivity contribution in [2.45, 2.75) is 324 Å². The first-order valence-electron chi connectivity index (χ1n) is 29.1. The molecule has 2 fully saturated rings. The van der Waals surface area contributed by atoms with Crippen LogP contribution in [0.3, 0.4) is 0 Å². The van der Waals surface area contributed by atoms with Gasteiger partial charge in [0.2, 0.25) is 5.91 Å². The first kappa shape index (κ1) is 68.2. The molecule has 15 atom stereocenters. The molecule has 18 nitrogen and oxygen atoms in total. The molecule has 434 valence electrons. The van der Waals surface area contributed by atoms with Gasteiger partial charge >= 0.3 is 7.82 Å². The SMILES string of the molecule is CCCCCCCCCCCCCCCCCCCCCCCC(=O)N[C@@H](COP(=O)(O)O[C@H]1C(O)C(O)C(O)[C@@H](O)C1O[C@H]1O[C@H](CO)[C@@H](O)C(O)C1O)[C@H](O)[C@H](O)CCCCCCCCCCCCCC. The fraction of sp³-hybridized carbons (Fsp3) is 0.981. The van der Waals surface area contributed by atoms with Crippen LogP contribution in [0.2, 0.25) is 0 Å². The highest BCUT2D eigenvalue weighted by atomic mass is 31.2.